The van der Waals surface area contributed by atoms with E-state index in [0.717, 1.165) is 23.0 Å². The van der Waals surface area contributed by atoms with Crippen LogP contribution in [0.25, 0.3) is 0 Å². The third-order valence-electron chi connectivity index (χ3n) is 4.09. The molecule has 0 fully saturated rings. The summed E-state index contributed by atoms with van der Waals surface area (Å²) in [7, 11) is 0. The minimum absolute atomic E-state index is 0.00768. The lowest BCUT2D eigenvalue weighted by Crippen LogP contribution is -2.39. The third-order valence-corrected chi connectivity index (χ3v) is 4.62. The van der Waals surface area contributed by atoms with Gasteiger partial charge in [-0.2, -0.15) is 0 Å². The standard InChI is InChI=1S/C18H19BrN2O/c1-12(18(22)21-15-9-7-14(19)8-10-15)20-17-11-6-13-4-2-3-5-16(13)17/h2-5,7-10,12,17,20H,6,11H2,1H3,(H,21,22). The highest BCUT2D eigenvalue weighted by Crippen LogP contribution is 2.31. The molecule has 0 aliphatic heterocycles. The number of hydrogen-bond acceptors (Lipinski definition) is 2. The van der Waals surface area contributed by atoms with E-state index in [-0.39, 0.29) is 18.0 Å². The monoisotopic (exact) mass is 358 g/mol. The van der Waals surface area contributed by atoms with Gasteiger partial charge in [-0.05, 0) is 55.2 Å². The Labute approximate surface area is 139 Å². The van der Waals surface area contributed by atoms with Crippen molar-refractivity contribution in [3.63, 3.8) is 0 Å². The van der Waals surface area contributed by atoms with E-state index in [2.05, 4.69) is 50.8 Å². The Morgan fingerprint density at radius 1 is 1.18 bits per heavy atom. The van der Waals surface area contributed by atoms with Crippen molar-refractivity contribution in [2.24, 2.45) is 0 Å². The Bertz CT molecular complexity index is 669. The van der Waals surface area contributed by atoms with E-state index in [1.54, 1.807) is 0 Å². The maximum atomic E-state index is 12.3. The first-order valence-corrected chi connectivity index (χ1v) is 8.33. The summed E-state index contributed by atoms with van der Waals surface area (Å²) in [6, 6.07) is 16.1. The largest absolute Gasteiger partial charge is 0.325 e. The van der Waals surface area contributed by atoms with Gasteiger partial charge < -0.3 is 5.32 Å². The molecule has 1 aliphatic rings. The van der Waals surface area contributed by atoms with E-state index in [0.29, 0.717) is 0 Å². The van der Waals surface area contributed by atoms with E-state index in [9.17, 15) is 4.79 Å². The Morgan fingerprint density at radius 3 is 2.68 bits per heavy atom. The van der Waals surface area contributed by atoms with Crippen LogP contribution in [-0.2, 0) is 11.2 Å². The summed E-state index contributed by atoms with van der Waals surface area (Å²) in [5.74, 6) is -0.00768. The molecular formula is C18H19BrN2O. The second-order valence-corrected chi connectivity index (χ2v) is 6.59. The quantitative estimate of drug-likeness (QED) is 0.865. The van der Waals surface area contributed by atoms with Crippen LogP contribution in [-0.4, -0.2) is 11.9 Å². The first kappa shape index (κ1) is 15.3. The van der Waals surface area contributed by atoms with Crippen LogP contribution in [0.5, 0.6) is 0 Å². The average molecular weight is 359 g/mol. The molecule has 1 amide bonds. The molecule has 0 heterocycles. The van der Waals surface area contributed by atoms with Gasteiger partial charge in [-0.3, -0.25) is 10.1 Å². The summed E-state index contributed by atoms with van der Waals surface area (Å²) < 4.78 is 0.999. The third kappa shape index (κ3) is 3.39. The van der Waals surface area contributed by atoms with Gasteiger partial charge in [0.05, 0.1) is 6.04 Å². The molecule has 2 aromatic rings. The first-order chi connectivity index (χ1) is 10.6. The summed E-state index contributed by atoms with van der Waals surface area (Å²) >= 11 is 3.39. The number of nitrogens with one attached hydrogen (secondary N) is 2. The van der Waals surface area contributed by atoms with Gasteiger partial charge in [0.2, 0.25) is 5.91 Å². The van der Waals surface area contributed by atoms with Crippen molar-refractivity contribution >= 4 is 27.5 Å². The zero-order chi connectivity index (χ0) is 15.5. The second-order valence-electron chi connectivity index (χ2n) is 5.67. The van der Waals surface area contributed by atoms with Crippen LogP contribution in [0.3, 0.4) is 0 Å². The van der Waals surface area contributed by atoms with Crippen LogP contribution in [0.15, 0.2) is 53.0 Å². The van der Waals surface area contributed by atoms with E-state index in [1.165, 1.54) is 11.1 Å². The molecule has 0 aromatic heterocycles. The van der Waals surface area contributed by atoms with Crippen molar-refractivity contribution in [3.8, 4) is 0 Å². The number of halogens is 1. The number of amides is 1. The number of fused-ring (bicyclic) bond motifs is 1. The van der Waals surface area contributed by atoms with Crippen LogP contribution >= 0.6 is 15.9 Å². The number of carbonyl (C=O) groups is 1. The van der Waals surface area contributed by atoms with E-state index in [4.69, 9.17) is 0 Å². The molecule has 0 saturated heterocycles. The number of rotatable bonds is 4. The maximum Gasteiger partial charge on any atom is 0.241 e. The van der Waals surface area contributed by atoms with Gasteiger partial charge in [0, 0.05) is 16.2 Å². The fourth-order valence-corrected chi connectivity index (χ4v) is 3.16. The lowest BCUT2D eigenvalue weighted by Gasteiger charge is -2.20. The van der Waals surface area contributed by atoms with Gasteiger partial charge >= 0.3 is 0 Å². The Balaban J connectivity index is 1.61. The molecule has 4 heteroatoms. The SMILES string of the molecule is CC(NC1CCc2ccccc21)C(=O)Nc1ccc(Br)cc1. The topological polar surface area (TPSA) is 41.1 Å². The zero-order valence-electron chi connectivity index (χ0n) is 12.5. The molecule has 2 aromatic carbocycles. The highest BCUT2D eigenvalue weighted by molar-refractivity contribution is 9.10. The van der Waals surface area contributed by atoms with Gasteiger partial charge in [-0.25, -0.2) is 0 Å². The summed E-state index contributed by atoms with van der Waals surface area (Å²) in [4.78, 5) is 12.3. The molecule has 3 nitrogen and oxygen atoms in total. The smallest absolute Gasteiger partial charge is 0.241 e. The van der Waals surface area contributed by atoms with Gasteiger partial charge in [0.1, 0.15) is 0 Å². The van der Waals surface area contributed by atoms with Crippen molar-refractivity contribution in [2.45, 2.75) is 31.8 Å². The summed E-state index contributed by atoms with van der Waals surface area (Å²) in [5.41, 5.74) is 3.53. The van der Waals surface area contributed by atoms with Crippen LogP contribution in [0.2, 0.25) is 0 Å². The molecule has 2 unspecified atom stereocenters. The number of aryl methyl sites for hydroxylation is 1. The molecule has 22 heavy (non-hydrogen) atoms. The number of carbonyl (C=O) groups excluding carboxylic acids is 1. The van der Waals surface area contributed by atoms with Gasteiger partial charge in [-0.1, -0.05) is 40.2 Å². The predicted octanol–water partition coefficient (Wildman–Crippen LogP) is 4.05. The van der Waals surface area contributed by atoms with Crippen molar-refractivity contribution in [1.29, 1.82) is 0 Å². The van der Waals surface area contributed by atoms with Gasteiger partial charge in [-0.15, -0.1) is 0 Å². The fraction of sp³-hybridized carbons (Fsp3) is 0.278. The average Bonchev–Trinajstić information content (AvgIpc) is 2.93. The minimum atomic E-state index is -0.236. The molecule has 0 radical (unpaired) electrons. The van der Waals surface area contributed by atoms with E-state index in [1.807, 2.05) is 31.2 Å². The van der Waals surface area contributed by atoms with Crippen LogP contribution in [0.4, 0.5) is 5.69 Å². The molecule has 2 N–H and O–H groups in total. The fourth-order valence-electron chi connectivity index (χ4n) is 2.89. The van der Waals surface area contributed by atoms with Crippen molar-refractivity contribution < 1.29 is 4.79 Å². The highest BCUT2D eigenvalue weighted by atomic mass is 79.9. The van der Waals surface area contributed by atoms with Gasteiger partial charge in [0.15, 0.2) is 0 Å². The first-order valence-electron chi connectivity index (χ1n) is 7.54. The van der Waals surface area contributed by atoms with E-state index < -0.39 is 0 Å². The predicted molar refractivity (Wildman–Crippen MR) is 92.9 cm³/mol. The van der Waals surface area contributed by atoms with Crippen LogP contribution in [0, 0.1) is 0 Å². The maximum absolute atomic E-state index is 12.3. The number of hydrogen-bond donors (Lipinski definition) is 2. The van der Waals surface area contributed by atoms with Crippen molar-refractivity contribution in [2.75, 3.05) is 5.32 Å². The molecular weight excluding hydrogens is 340 g/mol. The Morgan fingerprint density at radius 2 is 1.91 bits per heavy atom. The molecule has 1 aliphatic carbocycles. The molecule has 114 valence electrons. The summed E-state index contributed by atoms with van der Waals surface area (Å²) in [6.07, 6.45) is 2.13. The summed E-state index contributed by atoms with van der Waals surface area (Å²) in [6.45, 7) is 1.91. The molecule has 2 atom stereocenters. The highest BCUT2D eigenvalue weighted by Gasteiger charge is 2.25. The molecule has 0 spiro atoms. The van der Waals surface area contributed by atoms with Crippen LogP contribution < -0.4 is 10.6 Å². The second kappa shape index (κ2) is 6.63. The number of anilines is 1. The Hall–Kier alpha value is -1.65. The lowest BCUT2D eigenvalue weighted by atomic mass is 10.1. The normalized spacial score (nSPS) is 17.8. The molecule has 0 bridgehead atoms. The minimum Gasteiger partial charge on any atom is -0.325 e. The van der Waals surface area contributed by atoms with E-state index >= 15 is 0 Å². The molecule has 3 rings (SSSR count). The van der Waals surface area contributed by atoms with Gasteiger partial charge in [0.25, 0.3) is 0 Å². The molecule has 0 saturated carbocycles. The lowest BCUT2D eigenvalue weighted by molar-refractivity contribution is -0.118. The number of benzene rings is 2. The van der Waals surface area contributed by atoms with Crippen LogP contribution in [0.1, 0.15) is 30.5 Å². The summed E-state index contributed by atoms with van der Waals surface area (Å²) in [5, 5.41) is 6.39. The Kier molecular flexibility index (Phi) is 4.60. The van der Waals surface area contributed by atoms with Crippen molar-refractivity contribution in [1.82, 2.24) is 5.32 Å². The van der Waals surface area contributed by atoms with Crippen molar-refractivity contribution in [3.05, 3.63) is 64.1 Å². The zero-order valence-corrected chi connectivity index (χ0v) is 14.1.